The topological polar surface area (TPSA) is 66.8 Å². The molecule has 88 valence electrons. The molecule has 5 heteroatoms. The van der Waals surface area contributed by atoms with E-state index in [0.717, 1.165) is 6.07 Å². The molecule has 0 heterocycles. The predicted molar refractivity (Wildman–Crippen MR) is 54.8 cm³/mol. The fraction of sp³-hybridized carbons (Fsp3) is 0.364. The Hall–Kier alpha value is -1.62. The largest absolute Gasteiger partial charge is 0.494 e. The van der Waals surface area contributed by atoms with Gasteiger partial charge < -0.3 is 14.9 Å². The van der Waals surface area contributed by atoms with Crippen LogP contribution in [0.15, 0.2) is 18.2 Å². The number of methoxy groups -OCH3 is 1. The summed E-state index contributed by atoms with van der Waals surface area (Å²) in [6.07, 6.45) is -0.487. The number of carboxylic acid groups (broad SMARTS) is 1. The van der Waals surface area contributed by atoms with Gasteiger partial charge in [0.2, 0.25) is 0 Å². The Labute approximate surface area is 92.3 Å². The second-order valence-corrected chi connectivity index (χ2v) is 3.69. The molecule has 1 rings (SSSR count). The van der Waals surface area contributed by atoms with Crippen molar-refractivity contribution in [1.29, 1.82) is 0 Å². The summed E-state index contributed by atoms with van der Waals surface area (Å²) >= 11 is 0. The summed E-state index contributed by atoms with van der Waals surface area (Å²) in [5, 5.41) is 18.5. The van der Waals surface area contributed by atoms with E-state index in [4.69, 9.17) is 9.84 Å². The van der Waals surface area contributed by atoms with Crippen LogP contribution in [0, 0.1) is 5.82 Å². The van der Waals surface area contributed by atoms with Gasteiger partial charge in [-0.2, -0.15) is 0 Å². The predicted octanol–water partition coefficient (Wildman–Crippen LogP) is 1.52. The molecule has 0 aliphatic carbocycles. The van der Waals surface area contributed by atoms with Gasteiger partial charge in [-0.05, 0) is 24.6 Å². The quantitative estimate of drug-likeness (QED) is 0.819. The lowest BCUT2D eigenvalue weighted by molar-refractivity contribution is -0.142. The van der Waals surface area contributed by atoms with E-state index in [9.17, 15) is 14.3 Å². The minimum atomic E-state index is -1.60. The minimum absolute atomic E-state index is 0.0508. The van der Waals surface area contributed by atoms with E-state index < -0.39 is 23.8 Å². The van der Waals surface area contributed by atoms with Crippen LogP contribution in [0.4, 0.5) is 4.39 Å². The first-order valence-corrected chi connectivity index (χ1v) is 4.65. The third-order valence-electron chi connectivity index (χ3n) is 2.27. The highest BCUT2D eigenvalue weighted by Gasteiger charge is 2.27. The van der Waals surface area contributed by atoms with E-state index in [-0.39, 0.29) is 11.3 Å². The smallest absolute Gasteiger partial charge is 0.306 e. The van der Waals surface area contributed by atoms with Gasteiger partial charge >= 0.3 is 5.97 Å². The Morgan fingerprint density at radius 3 is 2.62 bits per heavy atom. The first-order valence-electron chi connectivity index (χ1n) is 4.65. The highest BCUT2D eigenvalue weighted by molar-refractivity contribution is 5.68. The van der Waals surface area contributed by atoms with Crippen LogP contribution in [0.3, 0.4) is 0 Å². The molecule has 1 atom stereocenters. The van der Waals surface area contributed by atoms with E-state index in [2.05, 4.69) is 0 Å². The highest BCUT2D eigenvalue weighted by Crippen LogP contribution is 2.28. The molecule has 0 saturated carbocycles. The summed E-state index contributed by atoms with van der Waals surface area (Å²) in [6, 6.07) is 3.85. The second kappa shape index (κ2) is 4.49. The van der Waals surface area contributed by atoms with Crippen molar-refractivity contribution in [3.8, 4) is 5.75 Å². The van der Waals surface area contributed by atoms with Crippen molar-refractivity contribution >= 4 is 5.97 Å². The van der Waals surface area contributed by atoms with Crippen LogP contribution < -0.4 is 4.74 Å². The summed E-state index contributed by atoms with van der Waals surface area (Å²) in [7, 11) is 1.33. The van der Waals surface area contributed by atoms with Crippen molar-refractivity contribution in [3.63, 3.8) is 0 Å². The summed E-state index contributed by atoms with van der Waals surface area (Å²) in [4.78, 5) is 10.5. The van der Waals surface area contributed by atoms with E-state index in [1.54, 1.807) is 0 Å². The van der Waals surface area contributed by atoms with E-state index in [1.807, 2.05) is 0 Å². The molecule has 0 aliphatic heterocycles. The first kappa shape index (κ1) is 12.4. The normalized spacial score (nSPS) is 14.2. The molecule has 0 aliphatic rings. The third-order valence-corrected chi connectivity index (χ3v) is 2.27. The van der Waals surface area contributed by atoms with Gasteiger partial charge in [-0.3, -0.25) is 4.79 Å². The SMILES string of the molecule is COc1ccc(C(C)(O)CC(=O)O)cc1F. The molecule has 0 aromatic heterocycles. The number of ether oxygens (including phenoxy) is 1. The van der Waals surface area contributed by atoms with Crippen LogP contribution >= 0.6 is 0 Å². The maximum Gasteiger partial charge on any atom is 0.306 e. The molecule has 16 heavy (non-hydrogen) atoms. The average molecular weight is 228 g/mol. The van der Waals surface area contributed by atoms with Gasteiger partial charge in [-0.25, -0.2) is 4.39 Å². The van der Waals surface area contributed by atoms with Gasteiger partial charge in [0, 0.05) is 0 Å². The number of hydrogen-bond donors (Lipinski definition) is 2. The number of hydrogen-bond acceptors (Lipinski definition) is 3. The van der Waals surface area contributed by atoms with Gasteiger partial charge in [0.1, 0.15) is 0 Å². The van der Waals surface area contributed by atoms with Gasteiger partial charge in [0.05, 0.1) is 19.1 Å². The molecule has 4 nitrogen and oxygen atoms in total. The maximum atomic E-state index is 13.3. The molecule has 0 amide bonds. The number of rotatable bonds is 4. The fourth-order valence-corrected chi connectivity index (χ4v) is 1.40. The van der Waals surface area contributed by atoms with Crippen LogP contribution in [0.1, 0.15) is 18.9 Å². The third kappa shape index (κ3) is 2.70. The van der Waals surface area contributed by atoms with E-state index >= 15 is 0 Å². The lowest BCUT2D eigenvalue weighted by atomic mass is 9.92. The standard InChI is InChI=1S/C11H13FO4/c1-11(15,6-10(13)14)7-3-4-9(16-2)8(12)5-7/h3-5,15H,6H2,1-2H3,(H,13,14). The summed E-state index contributed by atoms with van der Waals surface area (Å²) in [5.74, 6) is -1.73. The summed E-state index contributed by atoms with van der Waals surface area (Å²) < 4.78 is 18.1. The molecule has 2 N–H and O–H groups in total. The molecule has 0 spiro atoms. The fourth-order valence-electron chi connectivity index (χ4n) is 1.40. The van der Waals surface area contributed by atoms with Crippen molar-refractivity contribution in [3.05, 3.63) is 29.6 Å². The molecule has 1 aromatic rings. The molecular formula is C11H13FO4. The average Bonchev–Trinajstić information content (AvgIpc) is 2.15. The molecule has 1 aromatic carbocycles. The molecule has 0 radical (unpaired) electrons. The highest BCUT2D eigenvalue weighted by atomic mass is 19.1. The Morgan fingerprint density at radius 1 is 1.56 bits per heavy atom. The zero-order valence-electron chi connectivity index (χ0n) is 9.03. The van der Waals surface area contributed by atoms with Crippen molar-refractivity contribution in [1.82, 2.24) is 0 Å². The monoisotopic (exact) mass is 228 g/mol. The number of carboxylic acids is 1. The van der Waals surface area contributed by atoms with Crippen molar-refractivity contribution < 1.29 is 24.1 Å². The summed E-state index contributed by atoms with van der Waals surface area (Å²) in [5.41, 5.74) is -1.40. The number of aliphatic hydroxyl groups is 1. The van der Waals surface area contributed by atoms with Crippen LogP contribution in [0.25, 0.3) is 0 Å². The van der Waals surface area contributed by atoms with Gasteiger partial charge in [0.25, 0.3) is 0 Å². The van der Waals surface area contributed by atoms with E-state index in [1.165, 1.54) is 26.2 Å². The van der Waals surface area contributed by atoms with Crippen molar-refractivity contribution in [2.75, 3.05) is 7.11 Å². The Bertz CT molecular complexity index is 401. The summed E-state index contributed by atoms with van der Waals surface area (Å²) in [6.45, 7) is 1.32. The number of halogens is 1. The lowest BCUT2D eigenvalue weighted by Gasteiger charge is -2.22. The number of carbonyl (C=O) groups is 1. The number of benzene rings is 1. The minimum Gasteiger partial charge on any atom is -0.494 e. The Balaban J connectivity index is 3.04. The lowest BCUT2D eigenvalue weighted by Crippen LogP contribution is -2.25. The second-order valence-electron chi connectivity index (χ2n) is 3.69. The van der Waals surface area contributed by atoms with Gasteiger partial charge in [-0.1, -0.05) is 6.07 Å². The number of aliphatic carboxylic acids is 1. The van der Waals surface area contributed by atoms with Crippen molar-refractivity contribution in [2.45, 2.75) is 18.9 Å². The van der Waals surface area contributed by atoms with Gasteiger partial charge in [0.15, 0.2) is 11.6 Å². The van der Waals surface area contributed by atoms with Crippen LogP contribution in [-0.2, 0) is 10.4 Å². The molecule has 0 fully saturated rings. The van der Waals surface area contributed by atoms with Gasteiger partial charge in [-0.15, -0.1) is 0 Å². The zero-order chi connectivity index (χ0) is 12.3. The van der Waals surface area contributed by atoms with Crippen molar-refractivity contribution in [2.24, 2.45) is 0 Å². The van der Waals surface area contributed by atoms with E-state index in [0.29, 0.717) is 0 Å². The molecular weight excluding hydrogens is 215 g/mol. The first-order chi connectivity index (χ1) is 7.36. The zero-order valence-corrected chi connectivity index (χ0v) is 9.03. The molecule has 0 saturated heterocycles. The van der Waals surface area contributed by atoms with Crippen LogP contribution in [-0.4, -0.2) is 23.3 Å². The maximum absolute atomic E-state index is 13.3. The Morgan fingerprint density at radius 2 is 2.19 bits per heavy atom. The van der Waals surface area contributed by atoms with Crippen LogP contribution in [0.5, 0.6) is 5.75 Å². The van der Waals surface area contributed by atoms with Crippen LogP contribution in [0.2, 0.25) is 0 Å². The molecule has 1 unspecified atom stereocenters. The Kier molecular flexibility index (Phi) is 3.49. The molecule has 0 bridgehead atoms.